The topological polar surface area (TPSA) is 56.8 Å². The van der Waals surface area contributed by atoms with Crippen molar-refractivity contribution in [1.82, 2.24) is 0 Å². The Kier molecular flexibility index (Phi) is 5.15. The minimum Gasteiger partial charge on any atom is -0.353 e. The second kappa shape index (κ2) is 7.07. The van der Waals surface area contributed by atoms with E-state index in [1.807, 2.05) is 36.4 Å². The molecule has 0 saturated carbocycles. The molecule has 0 N–H and O–H groups in total. The third-order valence-electron chi connectivity index (χ3n) is 4.01. The molecular formula is C19H20N2O. The number of nitriles is 2. The lowest BCUT2D eigenvalue weighted by Gasteiger charge is -2.27. The smallest absolute Gasteiger partial charge is 0.192 e. The van der Waals surface area contributed by atoms with Gasteiger partial charge in [-0.05, 0) is 23.6 Å². The van der Waals surface area contributed by atoms with Gasteiger partial charge in [0.05, 0.1) is 12.7 Å². The normalized spacial score (nSPS) is 24.9. The van der Waals surface area contributed by atoms with Crippen LogP contribution in [0.5, 0.6) is 0 Å². The van der Waals surface area contributed by atoms with E-state index in [9.17, 15) is 10.5 Å². The summed E-state index contributed by atoms with van der Waals surface area (Å²) < 4.78 is 5.81. The lowest BCUT2D eigenvalue weighted by atomic mass is 9.83. The second-order valence-corrected chi connectivity index (χ2v) is 5.69. The monoisotopic (exact) mass is 292 g/mol. The molecule has 0 bridgehead atoms. The SMILES string of the molecule is CCC(C)COC1(C#N)C=CC(c2ccccc2)C(C#N)=C1. The molecular weight excluding hydrogens is 272 g/mol. The van der Waals surface area contributed by atoms with E-state index in [1.54, 1.807) is 12.2 Å². The molecule has 0 radical (unpaired) electrons. The summed E-state index contributed by atoms with van der Waals surface area (Å²) in [5.74, 6) is 0.268. The Bertz CT molecular complexity index is 648. The van der Waals surface area contributed by atoms with Crippen LogP contribution in [0.1, 0.15) is 31.7 Å². The van der Waals surface area contributed by atoms with Gasteiger partial charge < -0.3 is 4.74 Å². The molecule has 0 fully saturated rings. The maximum Gasteiger partial charge on any atom is 0.192 e. The van der Waals surface area contributed by atoms with Gasteiger partial charge in [0, 0.05) is 11.5 Å². The average Bonchev–Trinajstić information content (AvgIpc) is 2.60. The van der Waals surface area contributed by atoms with Crippen LogP contribution in [0.3, 0.4) is 0 Å². The number of rotatable bonds is 5. The van der Waals surface area contributed by atoms with Crippen molar-refractivity contribution in [2.24, 2.45) is 5.92 Å². The third kappa shape index (κ3) is 3.45. The summed E-state index contributed by atoms with van der Waals surface area (Å²) in [5, 5.41) is 19.0. The maximum atomic E-state index is 9.52. The Balaban J connectivity index is 2.26. The quantitative estimate of drug-likeness (QED) is 0.767. The van der Waals surface area contributed by atoms with Crippen LogP contribution in [0.25, 0.3) is 0 Å². The standard InChI is InChI=1S/C19H20N2O/c1-3-15(2)13-22-19(14-21)10-9-18(17(11-19)12-20)16-7-5-4-6-8-16/h4-11,15,18H,3,13H2,1-2H3. The van der Waals surface area contributed by atoms with E-state index in [-0.39, 0.29) is 5.92 Å². The van der Waals surface area contributed by atoms with Gasteiger partial charge in [-0.25, -0.2) is 0 Å². The average molecular weight is 292 g/mol. The fraction of sp³-hybridized carbons (Fsp3) is 0.368. The van der Waals surface area contributed by atoms with Crippen molar-refractivity contribution in [3.8, 4) is 12.1 Å². The van der Waals surface area contributed by atoms with Gasteiger partial charge in [-0.15, -0.1) is 0 Å². The Labute approximate surface area is 132 Å². The second-order valence-electron chi connectivity index (χ2n) is 5.69. The molecule has 22 heavy (non-hydrogen) atoms. The van der Waals surface area contributed by atoms with E-state index in [0.29, 0.717) is 18.1 Å². The van der Waals surface area contributed by atoms with E-state index in [2.05, 4.69) is 26.0 Å². The molecule has 1 aliphatic carbocycles. The summed E-state index contributed by atoms with van der Waals surface area (Å²) in [6, 6.07) is 14.2. The lowest BCUT2D eigenvalue weighted by Crippen LogP contribution is -2.31. The molecule has 0 saturated heterocycles. The highest BCUT2D eigenvalue weighted by atomic mass is 16.5. The van der Waals surface area contributed by atoms with Crippen molar-refractivity contribution in [1.29, 1.82) is 10.5 Å². The van der Waals surface area contributed by atoms with Crippen molar-refractivity contribution in [2.75, 3.05) is 6.61 Å². The molecule has 1 aliphatic rings. The Morgan fingerprint density at radius 2 is 2.00 bits per heavy atom. The lowest BCUT2D eigenvalue weighted by molar-refractivity contribution is 0.0422. The molecule has 0 aliphatic heterocycles. The summed E-state index contributed by atoms with van der Waals surface area (Å²) in [4.78, 5) is 0. The van der Waals surface area contributed by atoms with Gasteiger partial charge in [0.25, 0.3) is 0 Å². The molecule has 3 unspecified atom stereocenters. The zero-order valence-electron chi connectivity index (χ0n) is 13.0. The minimum absolute atomic E-state index is 0.111. The van der Waals surface area contributed by atoms with Gasteiger partial charge in [-0.3, -0.25) is 0 Å². The van der Waals surface area contributed by atoms with Crippen molar-refractivity contribution in [2.45, 2.75) is 31.8 Å². The molecule has 0 spiro atoms. The number of benzene rings is 1. The van der Waals surface area contributed by atoms with Crippen LogP contribution in [-0.4, -0.2) is 12.2 Å². The van der Waals surface area contributed by atoms with Crippen LogP contribution in [0, 0.1) is 28.6 Å². The van der Waals surface area contributed by atoms with Crippen LogP contribution in [0.2, 0.25) is 0 Å². The van der Waals surface area contributed by atoms with E-state index in [4.69, 9.17) is 4.74 Å². The van der Waals surface area contributed by atoms with Crippen molar-refractivity contribution in [3.05, 3.63) is 59.7 Å². The zero-order chi connectivity index (χ0) is 16.0. The van der Waals surface area contributed by atoms with Gasteiger partial charge in [0.15, 0.2) is 5.60 Å². The minimum atomic E-state index is -1.13. The number of nitrogens with zero attached hydrogens (tertiary/aromatic N) is 2. The van der Waals surface area contributed by atoms with Crippen LogP contribution in [-0.2, 0) is 4.74 Å². The molecule has 1 aromatic carbocycles. The highest BCUT2D eigenvalue weighted by molar-refractivity contribution is 5.49. The first-order valence-electron chi connectivity index (χ1n) is 7.56. The van der Waals surface area contributed by atoms with Gasteiger partial charge >= 0.3 is 0 Å². The van der Waals surface area contributed by atoms with Crippen molar-refractivity contribution >= 4 is 0 Å². The summed E-state index contributed by atoms with van der Waals surface area (Å²) in [6.45, 7) is 4.67. The fourth-order valence-corrected chi connectivity index (χ4v) is 2.35. The summed E-state index contributed by atoms with van der Waals surface area (Å²) >= 11 is 0. The van der Waals surface area contributed by atoms with E-state index < -0.39 is 5.60 Å². The summed E-state index contributed by atoms with van der Waals surface area (Å²) in [5.41, 5.74) is 0.471. The fourth-order valence-electron chi connectivity index (χ4n) is 2.35. The third-order valence-corrected chi connectivity index (χ3v) is 4.01. The summed E-state index contributed by atoms with van der Waals surface area (Å²) in [7, 11) is 0. The number of hydrogen-bond donors (Lipinski definition) is 0. The maximum absolute atomic E-state index is 9.52. The highest BCUT2D eigenvalue weighted by Gasteiger charge is 2.32. The van der Waals surface area contributed by atoms with Gasteiger partial charge in [0.1, 0.15) is 6.07 Å². The number of hydrogen-bond acceptors (Lipinski definition) is 3. The van der Waals surface area contributed by atoms with E-state index >= 15 is 0 Å². The Morgan fingerprint density at radius 1 is 1.27 bits per heavy atom. The molecule has 3 nitrogen and oxygen atoms in total. The molecule has 0 heterocycles. The first kappa shape index (κ1) is 16.0. The molecule has 112 valence electrons. The zero-order valence-corrected chi connectivity index (χ0v) is 13.0. The molecule has 0 amide bonds. The molecule has 3 atom stereocenters. The van der Waals surface area contributed by atoms with Crippen LogP contribution in [0.15, 0.2) is 54.1 Å². The predicted octanol–water partition coefficient (Wildman–Crippen LogP) is 4.12. The molecule has 1 aromatic rings. The van der Waals surface area contributed by atoms with Crippen LogP contribution < -0.4 is 0 Å². The molecule has 2 rings (SSSR count). The highest BCUT2D eigenvalue weighted by Crippen LogP contribution is 2.34. The molecule has 3 heteroatoms. The first-order chi connectivity index (χ1) is 10.6. The van der Waals surface area contributed by atoms with Gasteiger partial charge in [-0.1, -0.05) is 56.7 Å². The summed E-state index contributed by atoms with van der Waals surface area (Å²) in [6.07, 6.45) is 6.32. The molecule has 0 aromatic heterocycles. The van der Waals surface area contributed by atoms with Crippen molar-refractivity contribution in [3.63, 3.8) is 0 Å². The number of ether oxygens (including phenoxy) is 1. The van der Waals surface area contributed by atoms with Crippen molar-refractivity contribution < 1.29 is 4.74 Å². The van der Waals surface area contributed by atoms with Crippen LogP contribution in [0.4, 0.5) is 0 Å². The Morgan fingerprint density at radius 3 is 2.59 bits per heavy atom. The predicted molar refractivity (Wildman–Crippen MR) is 85.8 cm³/mol. The number of allylic oxidation sites excluding steroid dienone is 2. The van der Waals surface area contributed by atoms with Gasteiger partial charge in [-0.2, -0.15) is 10.5 Å². The van der Waals surface area contributed by atoms with Gasteiger partial charge in [0.2, 0.25) is 0 Å². The van der Waals surface area contributed by atoms with Crippen LogP contribution >= 0.6 is 0 Å². The van der Waals surface area contributed by atoms with E-state index in [0.717, 1.165) is 12.0 Å². The Hall–Kier alpha value is -2.36. The first-order valence-corrected chi connectivity index (χ1v) is 7.56. The largest absolute Gasteiger partial charge is 0.353 e. The van der Waals surface area contributed by atoms with E-state index in [1.165, 1.54) is 0 Å².